The zero-order chi connectivity index (χ0) is 13.8. The Labute approximate surface area is 173 Å². The van der Waals surface area contributed by atoms with Crippen LogP contribution in [0.25, 0.3) is 0 Å². The van der Waals surface area contributed by atoms with Gasteiger partial charge in [0.2, 0.25) is 0 Å². The predicted molar refractivity (Wildman–Crippen MR) is 85.8 cm³/mol. The van der Waals surface area contributed by atoms with Gasteiger partial charge in [0, 0.05) is 0 Å². The van der Waals surface area contributed by atoms with E-state index in [9.17, 15) is 0 Å². The van der Waals surface area contributed by atoms with Crippen LogP contribution in [0.4, 0.5) is 0 Å². The van der Waals surface area contributed by atoms with Crippen LogP contribution >= 0.6 is 0 Å². The van der Waals surface area contributed by atoms with E-state index in [4.69, 9.17) is 0 Å². The second-order valence-corrected chi connectivity index (χ2v) is 6.39. The van der Waals surface area contributed by atoms with Crippen molar-refractivity contribution >= 4 is 0 Å². The van der Waals surface area contributed by atoms with E-state index in [0.717, 1.165) is 36.5 Å². The maximum Gasteiger partial charge on any atom is 4.00 e. The van der Waals surface area contributed by atoms with Crippen LogP contribution in [0.5, 0.6) is 0 Å². The van der Waals surface area contributed by atoms with Crippen molar-refractivity contribution in [3.05, 3.63) is 54.5 Å². The summed E-state index contributed by atoms with van der Waals surface area (Å²) in [7, 11) is 0. The van der Waals surface area contributed by atoms with Crippen LogP contribution in [0.15, 0.2) is 42.0 Å². The molecule has 124 valence electrons. The van der Waals surface area contributed by atoms with Crippen LogP contribution in [-0.2, 0) is 26.2 Å². The summed E-state index contributed by atoms with van der Waals surface area (Å²) in [5.74, 6) is 3.56. The molecular weight excluding hydrogens is 402 g/mol. The van der Waals surface area contributed by atoms with Crippen molar-refractivity contribution in [3.8, 4) is 0 Å². The minimum atomic E-state index is 0. The Morgan fingerprint density at radius 3 is 2.52 bits per heavy atom. The monoisotopic (exact) mass is 426 g/mol. The number of fused-ring (bicyclic) bond motifs is 3. The van der Waals surface area contributed by atoms with Crippen molar-refractivity contribution in [2.45, 2.75) is 45.4 Å². The Morgan fingerprint density at radius 1 is 1.13 bits per heavy atom. The Bertz CT molecular complexity index is 451. The molecule has 23 heavy (non-hydrogen) atoms. The Hall–Kier alpha value is 0.423. The molecule has 0 radical (unpaired) electrons. The summed E-state index contributed by atoms with van der Waals surface area (Å²) in [4.78, 5) is 0. The van der Waals surface area contributed by atoms with E-state index >= 15 is 0 Å². The van der Waals surface area contributed by atoms with Crippen LogP contribution in [0.2, 0.25) is 0 Å². The third kappa shape index (κ3) is 6.02. The summed E-state index contributed by atoms with van der Waals surface area (Å²) < 4.78 is 0. The fourth-order valence-corrected chi connectivity index (χ4v) is 4.15. The third-order valence-electron chi connectivity index (χ3n) is 5.21. The van der Waals surface area contributed by atoms with Crippen molar-refractivity contribution in [2.75, 3.05) is 0 Å². The molecule has 0 nitrogen and oxygen atoms in total. The molecule has 0 amide bonds. The molecule has 0 N–H and O–H groups in total. The molecule has 0 aromatic carbocycles. The van der Waals surface area contributed by atoms with Gasteiger partial charge in [-0.05, 0) is 5.92 Å². The Morgan fingerprint density at radius 2 is 1.87 bits per heavy atom. The van der Waals surface area contributed by atoms with Gasteiger partial charge in [-0.3, -0.25) is 6.08 Å². The summed E-state index contributed by atoms with van der Waals surface area (Å²) in [5, 5.41) is 0. The maximum absolute atomic E-state index is 3.21. The SMILES string of the molecule is C1=CC2[CH-]C3CCCCC3C2C=C1.CCC1=[C-]CC=C1.[Cl-].[Cl-].[Zr+4]. The van der Waals surface area contributed by atoms with Gasteiger partial charge in [0.25, 0.3) is 0 Å². The quantitative estimate of drug-likeness (QED) is 0.493. The smallest absolute Gasteiger partial charge is 1.00 e. The summed E-state index contributed by atoms with van der Waals surface area (Å²) in [6.07, 6.45) is 27.4. The normalized spacial score (nSPS) is 32.1. The van der Waals surface area contributed by atoms with Crippen LogP contribution in [0.3, 0.4) is 0 Å². The van der Waals surface area contributed by atoms with E-state index < -0.39 is 0 Å². The molecule has 0 aliphatic heterocycles. The average molecular weight is 429 g/mol. The molecular formula is C20H26Cl2Zr. The zero-order valence-electron chi connectivity index (χ0n) is 13.8. The van der Waals surface area contributed by atoms with Gasteiger partial charge in [-0.1, -0.05) is 63.2 Å². The summed E-state index contributed by atoms with van der Waals surface area (Å²) in [5.41, 5.74) is 1.36. The van der Waals surface area contributed by atoms with Crippen molar-refractivity contribution in [3.63, 3.8) is 0 Å². The largest absolute Gasteiger partial charge is 4.00 e. The maximum atomic E-state index is 3.21. The summed E-state index contributed by atoms with van der Waals surface area (Å²) >= 11 is 0. The minimum absolute atomic E-state index is 0. The first-order valence-corrected chi connectivity index (χ1v) is 8.34. The van der Waals surface area contributed by atoms with Crippen molar-refractivity contribution in [2.24, 2.45) is 23.7 Å². The molecule has 4 atom stereocenters. The first kappa shape index (κ1) is 23.4. The van der Waals surface area contributed by atoms with E-state index in [1.54, 1.807) is 0 Å². The molecule has 0 spiro atoms. The molecule has 3 heteroatoms. The zero-order valence-corrected chi connectivity index (χ0v) is 17.8. The first-order chi connectivity index (χ1) is 9.88. The molecule has 0 heterocycles. The molecule has 2 fully saturated rings. The molecule has 4 aliphatic carbocycles. The van der Waals surface area contributed by atoms with Gasteiger partial charge in [-0.2, -0.15) is 12.0 Å². The second kappa shape index (κ2) is 11.9. The van der Waals surface area contributed by atoms with Gasteiger partial charge in [-0.15, -0.1) is 18.4 Å². The third-order valence-corrected chi connectivity index (χ3v) is 5.21. The minimum Gasteiger partial charge on any atom is -1.00 e. The van der Waals surface area contributed by atoms with E-state index in [1.165, 1.54) is 31.3 Å². The van der Waals surface area contributed by atoms with E-state index in [-0.39, 0.29) is 51.0 Å². The molecule has 0 bridgehead atoms. The molecule has 0 aromatic heterocycles. The van der Waals surface area contributed by atoms with Gasteiger partial charge in [0.1, 0.15) is 0 Å². The van der Waals surface area contributed by atoms with Crippen LogP contribution in [0.1, 0.15) is 45.4 Å². The Balaban J connectivity index is 0.000000426. The van der Waals surface area contributed by atoms with Gasteiger partial charge in [0.05, 0.1) is 0 Å². The van der Waals surface area contributed by atoms with E-state index in [0.29, 0.717) is 0 Å². The van der Waals surface area contributed by atoms with Crippen molar-refractivity contribution < 1.29 is 51.0 Å². The number of allylic oxidation sites excluding steroid dienone is 8. The fraction of sp³-hybridized carbons (Fsp3) is 0.550. The molecule has 4 rings (SSSR count). The fourth-order valence-electron chi connectivity index (χ4n) is 4.15. The van der Waals surface area contributed by atoms with Crippen LogP contribution in [0, 0.1) is 36.2 Å². The van der Waals surface area contributed by atoms with E-state index in [2.05, 4.69) is 55.9 Å². The van der Waals surface area contributed by atoms with Gasteiger partial charge in [-0.25, -0.2) is 11.6 Å². The molecule has 4 unspecified atom stereocenters. The average Bonchev–Trinajstić information content (AvgIpc) is 3.15. The van der Waals surface area contributed by atoms with E-state index in [1.807, 2.05) is 0 Å². The number of rotatable bonds is 1. The Kier molecular flexibility index (Phi) is 12.1. The predicted octanol–water partition coefficient (Wildman–Crippen LogP) is -0.540. The number of hydrogen-bond acceptors (Lipinski definition) is 0. The summed E-state index contributed by atoms with van der Waals surface area (Å²) in [6, 6.07) is 0. The number of halogens is 2. The number of hydrogen-bond donors (Lipinski definition) is 0. The first-order valence-electron chi connectivity index (χ1n) is 8.34. The van der Waals surface area contributed by atoms with Crippen LogP contribution in [-0.4, -0.2) is 0 Å². The van der Waals surface area contributed by atoms with Crippen LogP contribution < -0.4 is 24.8 Å². The second-order valence-electron chi connectivity index (χ2n) is 6.39. The summed E-state index contributed by atoms with van der Waals surface area (Å²) in [6.45, 7) is 2.15. The van der Waals surface area contributed by atoms with Crippen molar-refractivity contribution in [1.29, 1.82) is 0 Å². The van der Waals surface area contributed by atoms with Crippen molar-refractivity contribution in [1.82, 2.24) is 0 Å². The van der Waals surface area contributed by atoms with Gasteiger partial charge < -0.3 is 31.2 Å². The standard InChI is InChI=1S/C13H17.C7H9.2ClH.Zr/c1-3-7-12-10(5-1)9-11-6-2-4-8-13(11)12;1-2-7-5-3-4-6-7;;;/h1,3,5,7,9-13H,2,4,6,8H2;3,5H,2,4H2,1H3;2*1H;/q2*-1;;;+4/p-2. The van der Waals surface area contributed by atoms with Gasteiger partial charge >= 0.3 is 26.2 Å². The topological polar surface area (TPSA) is 0 Å². The van der Waals surface area contributed by atoms with Gasteiger partial charge in [0.15, 0.2) is 0 Å². The molecule has 0 aromatic rings. The molecule has 0 saturated heterocycles. The molecule has 2 saturated carbocycles. The molecule has 4 aliphatic rings.